The number of benzene rings is 1. The minimum absolute atomic E-state index is 0.231. The molecular weight excluding hydrogens is 342 g/mol. The topological polar surface area (TPSA) is 96.3 Å². The molecular formula is C20H17N5O2. The Morgan fingerprint density at radius 2 is 1.56 bits per heavy atom. The molecule has 0 spiro atoms. The van der Waals surface area contributed by atoms with Gasteiger partial charge in [0.2, 0.25) is 0 Å². The first kappa shape index (κ1) is 17.9. The lowest BCUT2D eigenvalue weighted by Crippen LogP contribution is -2.19. The van der Waals surface area contributed by atoms with E-state index < -0.39 is 0 Å². The van der Waals surface area contributed by atoms with Gasteiger partial charge >= 0.3 is 0 Å². The van der Waals surface area contributed by atoms with Gasteiger partial charge in [0.25, 0.3) is 11.8 Å². The van der Waals surface area contributed by atoms with Crippen molar-refractivity contribution >= 4 is 23.2 Å². The summed E-state index contributed by atoms with van der Waals surface area (Å²) >= 11 is 0. The fourth-order valence-electron chi connectivity index (χ4n) is 2.26. The average Bonchev–Trinajstić information content (AvgIpc) is 2.73. The van der Waals surface area contributed by atoms with Gasteiger partial charge in [-0.3, -0.25) is 19.6 Å². The Kier molecular flexibility index (Phi) is 5.64. The van der Waals surface area contributed by atoms with Crippen molar-refractivity contribution in [1.82, 2.24) is 15.4 Å². The van der Waals surface area contributed by atoms with E-state index in [2.05, 4.69) is 25.8 Å². The minimum Gasteiger partial charge on any atom is -0.322 e. The Balaban J connectivity index is 1.62. The smallest absolute Gasteiger partial charge is 0.271 e. The number of carbonyl (C=O) groups is 2. The van der Waals surface area contributed by atoms with E-state index in [9.17, 15) is 9.59 Å². The first-order valence-corrected chi connectivity index (χ1v) is 8.20. The number of hydrogen-bond donors (Lipinski definition) is 2. The molecule has 0 radical (unpaired) electrons. The molecule has 1 aromatic carbocycles. The van der Waals surface area contributed by atoms with Crippen molar-refractivity contribution in [3.05, 3.63) is 90.0 Å². The van der Waals surface area contributed by atoms with Crippen LogP contribution in [0.1, 0.15) is 33.2 Å². The van der Waals surface area contributed by atoms with Crippen LogP contribution in [0.2, 0.25) is 0 Å². The second-order valence-corrected chi connectivity index (χ2v) is 5.65. The molecule has 0 saturated carbocycles. The van der Waals surface area contributed by atoms with Gasteiger partial charge in [0.05, 0.1) is 11.3 Å². The van der Waals surface area contributed by atoms with Gasteiger partial charge in [-0.15, -0.1) is 0 Å². The van der Waals surface area contributed by atoms with Crippen molar-refractivity contribution in [1.29, 1.82) is 0 Å². The highest BCUT2D eigenvalue weighted by atomic mass is 16.2. The minimum atomic E-state index is -0.308. The molecule has 0 aliphatic heterocycles. The predicted octanol–water partition coefficient (Wildman–Crippen LogP) is 2.88. The molecule has 2 N–H and O–H groups in total. The molecule has 2 aromatic heterocycles. The first-order valence-electron chi connectivity index (χ1n) is 8.20. The van der Waals surface area contributed by atoms with Crippen molar-refractivity contribution in [3.8, 4) is 0 Å². The van der Waals surface area contributed by atoms with Crippen molar-refractivity contribution < 1.29 is 9.59 Å². The van der Waals surface area contributed by atoms with Crippen LogP contribution in [-0.2, 0) is 0 Å². The number of anilines is 1. The largest absolute Gasteiger partial charge is 0.322 e. The van der Waals surface area contributed by atoms with Crippen LogP contribution in [0.3, 0.4) is 0 Å². The quantitative estimate of drug-likeness (QED) is 0.541. The highest BCUT2D eigenvalue weighted by Gasteiger charge is 2.07. The van der Waals surface area contributed by atoms with Crippen molar-refractivity contribution in [2.45, 2.75) is 6.92 Å². The summed E-state index contributed by atoms with van der Waals surface area (Å²) in [6.45, 7) is 1.79. The number of nitrogens with zero attached hydrogens (tertiary/aromatic N) is 3. The van der Waals surface area contributed by atoms with Crippen molar-refractivity contribution in [3.63, 3.8) is 0 Å². The molecule has 3 aromatic rings. The molecule has 0 bridgehead atoms. The molecule has 7 nitrogen and oxygen atoms in total. The van der Waals surface area contributed by atoms with Crippen molar-refractivity contribution in [2.75, 3.05) is 5.32 Å². The maximum absolute atomic E-state index is 12.1. The highest BCUT2D eigenvalue weighted by Crippen LogP contribution is 2.12. The van der Waals surface area contributed by atoms with Gasteiger partial charge in [-0.25, -0.2) is 5.43 Å². The molecule has 3 rings (SSSR count). The van der Waals surface area contributed by atoms with Gasteiger partial charge in [0, 0.05) is 36.0 Å². The molecule has 0 fully saturated rings. The third-order valence-electron chi connectivity index (χ3n) is 3.75. The lowest BCUT2D eigenvalue weighted by Gasteiger charge is -2.07. The monoisotopic (exact) mass is 359 g/mol. The number of hydrogen-bond acceptors (Lipinski definition) is 5. The number of nitrogens with one attached hydrogen (secondary N) is 2. The van der Waals surface area contributed by atoms with Gasteiger partial charge in [0.15, 0.2) is 0 Å². The van der Waals surface area contributed by atoms with Gasteiger partial charge in [-0.2, -0.15) is 5.10 Å². The summed E-state index contributed by atoms with van der Waals surface area (Å²) in [5.41, 5.74) is 5.59. The standard InChI is InChI=1S/C20H17N5O2/c1-14(24-25-20(27)16-8-11-21-12-9-16)15-4-6-18(7-5-15)23-19(26)17-3-2-10-22-13-17/h2-13H,1H3,(H,23,26)(H,25,27). The number of amides is 2. The molecule has 2 amide bonds. The van der Waals surface area contributed by atoms with Crippen molar-refractivity contribution in [2.24, 2.45) is 5.10 Å². The summed E-state index contributed by atoms with van der Waals surface area (Å²) in [5, 5.41) is 6.91. The lowest BCUT2D eigenvalue weighted by molar-refractivity contribution is 0.0954. The van der Waals surface area contributed by atoms with Crippen LogP contribution in [0.25, 0.3) is 0 Å². The van der Waals surface area contributed by atoms with E-state index in [1.807, 2.05) is 12.1 Å². The van der Waals surface area contributed by atoms with Gasteiger partial charge in [0.1, 0.15) is 0 Å². The fraction of sp³-hybridized carbons (Fsp3) is 0.0500. The second kappa shape index (κ2) is 8.48. The van der Waals surface area contributed by atoms with Gasteiger partial charge in [-0.1, -0.05) is 12.1 Å². The molecule has 7 heteroatoms. The van der Waals surface area contributed by atoms with E-state index in [0.29, 0.717) is 22.5 Å². The summed E-state index contributed by atoms with van der Waals surface area (Å²) in [6.07, 6.45) is 6.21. The molecule has 0 aliphatic rings. The Hall–Kier alpha value is -3.87. The third-order valence-corrected chi connectivity index (χ3v) is 3.75. The Bertz CT molecular complexity index is 955. The fourth-order valence-corrected chi connectivity index (χ4v) is 2.26. The molecule has 0 saturated heterocycles. The van der Waals surface area contributed by atoms with E-state index in [-0.39, 0.29) is 11.8 Å². The maximum Gasteiger partial charge on any atom is 0.271 e. The number of rotatable bonds is 5. The van der Waals surface area contributed by atoms with Crippen LogP contribution in [0, 0.1) is 0 Å². The molecule has 0 atom stereocenters. The third kappa shape index (κ3) is 4.82. The predicted molar refractivity (Wildman–Crippen MR) is 103 cm³/mol. The highest BCUT2D eigenvalue weighted by molar-refractivity contribution is 6.05. The zero-order valence-electron chi connectivity index (χ0n) is 14.6. The molecule has 0 aliphatic carbocycles. The van der Waals surface area contributed by atoms with Crippen LogP contribution < -0.4 is 10.7 Å². The SMILES string of the molecule is CC(=NNC(=O)c1ccncc1)c1ccc(NC(=O)c2cccnc2)cc1. The van der Waals surface area contributed by atoms with Crippen LogP contribution in [0.5, 0.6) is 0 Å². The number of aromatic nitrogens is 2. The Morgan fingerprint density at radius 3 is 2.22 bits per heavy atom. The molecule has 27 heavy (non-hydrogen) atoms. The van der Waals surface area contributed by atoms with E-state index in [4.69, 9.17) is 0 Å². The molecule has 0 unspecified atom stereocenters. The average molecular weight is 359 g/mol. The summed E-state index contributed by atoms with van der Waals surface area (Å²) in [6, 6.07) is 13.8. The molecule has 2 heterocycles. The molecule has 134 valence electrons. The zero-order chi connectivity index (χ0) is 19.1. The second-order valence-electron chi connectivity index (χ2n) is 5.65. The van der Waals surface area contributed by atoms with E-state index in [0.717, 1.165) is 5.56 Å². The van der Waals surface area contributed by atoms with Crippen LogP contribution in [0.4, 0.5) is 5.69 Å². The van der Waals surface area contributed by atoms with Crippen LogP contribution in [-0.4, -0.2) is 27.5 Å². The maximum atomic E-state index is 12.1. The normalized spacial score (nSPS) is 10.9. The number of carbonyl (C=O) groups excluding carboxylic acids is 2. The van der Waals surface area contributed by atoms with Gasteiger partial charge in [-0.05, 0) is 48.9 Å². The summed E-state index contributed by atoms with van der Waals surface area (Å²) < 4.78 is 0. The van der Waals surface area contributed by atoms with Crippen LogP contribution >= 0.6 is 0 Å². The Morgan fingerprint density at radius 1 is 0.815 bits per heavy atom. The summed E-state index contributed by atoms with van der Waals surface area (Å²) in [5.74, 6) is -0.539. The summed E-state index contributed by atoms with van der Waals surface area (Å²) in [7, 11) is 0. The van der Waals surface area contributed by atoms with E-state index in [1.165, 1.54) is 6.20 Å². The number of hydrazone groups is 1. The lowest BCUT2D eigenvalue weighted by atomic mass is 10.1. The van der Waals surface area contributed by atoms with E-state index in [1.54, 1.807) is 61.9 Å². The van der Waals surface area contributed by atoms with Crippen LogP contribution in [0.15, 0.2) is 78.4 Å². The number of pyridine rings is 2. The summed E-state index contributed by atoms with van der Waals surface area (Å²) in [4.78, 5) is 31.9. The first-order chi connectivity index (χ1) is 13.1. The Labute approximate surface area is 156 Å². The zero-order valence-corrected chi connectivity index (χ0v) is 14.6. The van der Waals surface area contributed by atoms with Gasteiger partial charge < -0.3 is 5.32 Å². The van der Waals surface area contributed by atoms with E-state index >= 15 is 0 Å².